The lowest BCUT2D eigenvalue weighted by atomic mass is 10.2. The minimum absolute atomic E-state index is 0.0561. The van der Waals surface area contributed by atoms with Crippen molar-refractivity contribution in [3.8, 4) is 0 Å². The number of aromatic nitrogens is 2. The van der Waals surface area contributed by atoms with E-state index in [0.717, 1.165) is 29.7 Å². The van der Waals surface area contributed by atoms with E-state index in [9.17, 15) is 9.59 Å². The van der Waals surface area contributed by atoms with E-state index in [-0.39, 0.29) is 18.5 Å². The van der Waals surface area contributed by atoms with Crippen molar-refractivity contribution in [2.45, 2.75) is 32.2 Å². The van der Waals surface area contributed by atoms with Crippen LogP contribution in [0.2, 0.25) is 0 Å². The molecule has 2 aromatic rings. The van der Waals surface area contributed by atoms with E-state index in [1.807, 2.05) is 0 Å². The lowest BCUT2D eigenvalue weighted by Crippen LogP contribution is -2.22. The summed E-state index contributed by atoms with van der Waals surface area (Å²) in [5.41, 5.74) is 1.04. The Kier molecular flexibility index (Phi) is 2.66. The molecule has 0 spiro atoms. The third-order valence-corrected chi connectivity index (χ3v) is 4.46. The van der Waals surface area contributed by atoms with Crippen LogP contribution in [0.15, 0.2) is 11.1 Å². The molecule has 0 saturated heterocycles. The van der Waals surface area contributed by atoms with Crippen LogP contribution >= 0.6 is 11.3 Å². The predicted octanol–water partition coefficient (Wildman–Crippen LogP) is 1.42. The van der Waals surface area contributed by atoms with Crippen molar-refractivity contribution in [2.75, 3.05) is 0 Å². The Morgan fingerprint density at radius 3 is 3.11 bits per heavy atom. The van der Waals surface area contributed by atoms with Gasteiger partial charge in [-0.3, -0.25) is 14.2 Å². The first-order chi connectivity index (χ1) is 8.66. The normalized spacial score (nSPS) is 14.0. The fourth-order valence-corrected chi connectivity index (χ4v) is 3.61. The van der Waals surface area contributed by atoms with Gasteiger partial charge in [0, 0.05) is 11.4 Å². The van der Waals surface area contributed by atoms with E-state index in [1.165, 1.54) is 15.8 Å². The summed E-state index contributed by atoms with van der Waals surface area (Å²) in [7, 11) is 0. The molecule has 0 fully saturated rings. The molecule has 1 aliphatic rings. The second-order valence-corrected chi connectivity index (χ2v) is 5.51. The number of carbonyl (C=O) groups is 1. The van der Waals surface area contributed by atoms with Gasteiger partial charge in [-0.15, -0.1) is 11.3 Å². The molecule has 0 atom stereocenters. The fourth-order valence-electron chi connectivity index (χ4n) is 2.39. The number of carboxylic acids is 1. The molecule has 0 aromatic carbocycles. The summed E-state index contributed by atoms with van der Waals surface area (Å²) >= 11 is 1.59. The molecule has 18 heavy (non-hydrogen) atoms. The standard InChI is InChI=1S/C12H12N2O3S/c15-9(16)4-5-14-6-13-11-10(12(14)17)7-2-1-3-8(7)18-11/h6H,1-5H2,(H,15,16). The molecule has 0 radical (unpaired) electrons. The van der Waals surface area contributed by atoms with Crippen LogP contribution in [-0.2, 0) is 24.2 Å². The third-order valence-electron chi connectivity index (χ3n) is 3.26. The molecule has 1 N–H and O–H groups in total. The van der Waals surface area contributed by atoms with Gasteiger partial charge < -0.3 is 5.11 Å². The average Bonchev–Trinajstić information content (AvgIpc) is 2.87. The predicted molar refractivity (Wildman–Crippen MR) is 68.2 cm³/mol. The first kappa shape index (κ1) is 11.4. The number of thiophene rings is 1. The van der Waals surface area contributed by atoms with Gasteiger partial charge in [0.2, 0.25) is 0 Å². The summed E-state index contributed by atoms with van der Waals surface area (Å²) in [6.45, 7) is 0.182. The van der Waals surface area contributed by atoms with Gasteiger partial charge in [0.1, 0.15) is 4.83 Å². The molecule has 6 heteroatoms. The van der Waals surface area contributed by atoms with Gasteiger partial charge in [-0.2, -0.15) is 0 Å². The van der Waals surface area contributed by atoms with Crippen molar-refractivity contribution in [3.63, 3.8) is 0 Å². The Morgan fingerprint density at radius 1 is 1.50 bits per heavy atom. The number of fused-ring (bicyclic) bond motifs is 3. The maximum absolute atomic E-state index is 12.3. The lowest BCUT2D eigenvalue weighted by molar-refractivity contribution is -0.137. The van der Waals surface area contributed by atoms with Gasteiger partial charge in [0.25, 0.3) is 5.56 Å². The smallest absolute Gasteiger partial charge is 0.305 e. The quantitative estimate of drug-likeness (QED) is 0.910. The van der Waals surface area contributed by atoms with Gasteiger partial charge in [0.15, 0.2) is 0 Å². The van der Waals surface area contributed by atoms with Crippen molar-refractivity contribution in [2.24, 2.45) is 0 Å². The average molecular weight is 264 g/mol. The van der Waals surface area contributed by atoms with Crippen LogP contribution in [0.5, 0.6) is 0 Å². The van der Waals surface area contributed by atoms with Crippen molar-refractivity contribution >= 4 is 27.5 Å². The number of hydrogen-bond acceptors (Lipinski definition) is 4. The van der Waals surface area contributed by atoms with E-state index in [0.29, 0.717) is 5.39 Å². The molecule has 1 aliphatic carbocycles. The minimum atomic E-state index is -0.905. The van der Waals surface area contributed by atoms with E-state index in [1.54, 1.807) is 11.3 Å². The van der Waals surface area contributed by atoms with Gasteiger partial charge >= 0.3 is 5.97 Å². The van der Waals surface area contributed by atoms with Gasteiger partial charge in [0.05, 0.1) is 18.1 Å². The fraction of sp³-hybridized carbons (Fsp3) is 0.417. The van der Waals surface area contributed by atoms with Gasteiger partial charge in [-0.05, 0) is 24.8 Å². The zero-order chi connectivity index (χ0) is 12.7. The van der Waals surface area contributed by atoms with Crippen LogP contribution in [0.4, 0.5) is 0 Å². The summed E-state index contributed by atoms with van der Waals surface area (Å²) < 4.78 is 1.40. The summed E-state index contributed by atoms with van der Waals surface area (Å²) in [4.78, 5) is 29.2. The molecule has 2 aromatic heterocycles. The zero-order valence-corrected chi connectivity index (χ0v) is 10.5. The van der Waals surface area contributed by atoms with Crippen LogP contribution in [0.3, 0.4) is 0 Å². The lowest BCUT2D eigenvalue weighted by Gasteiger charge is -2.03. The van der Waals surface area contributed by atoms with Crippen LogP contribution in [0.1, 0.15) is 23.3 Å². The molecule has 0 aliphatic heterocycles. The van der Waals surface area contributed by atoms with Crippen LogP contribution in [0.25, 0.3) is 10.2 Å². The number of aryl methyl sites for hydroxylation is 3. The number of nitrogens with zero attached hydrogens (tertiary/aromatic N) is 2. The summed E-state index contributed by atoms with van der Waals surface area (Å²) in [5.74, 6) is -0.905. The Balaban J connectivity index is 2.10. The first-order valence-corrected chi connectivity index (χ1v) is 6.70. The molecular formula is C12H12N2O3S. The topological polar surface area (TPSA) is 72.2 Å². The molecule has 0 bridgehead atoms. The second kappa shape index (κ2) is 4.20. The summed E-state index contributed by atoms with van der Waals surface area (Å²) in [6, 6.07) is 0. The highest BCUT2D eigenvalue weighted by molar-refractivity contribution is 7.18. The highest BCUT2D eigenvalue weighted by Gasteiger charge is 2.21. The maximum atomic E-state index is 12.3. The van der Waals surface area contributed by atoms with E-state index in [4.69, 9.17) is 5.11 Å². The molecule has 3 rings (SSSR count). The zero-order valence-electron chi connectivity index (χ0n) is 9.68. The van der Waals surface area contributed by atoms with Crippen molar-refractivity contribution in [3.05, 3.63) is 27.1 Å². The monoisotopic (exact) mass is 264 g/mol. The maximum Gasteiger partial charge on any atom is 0.305 e. The number of carboxylic acid groups (broad SMARTS) is 1. The Hall–Kier alpha value is -1.69. The molecule has 2 heterocycles. The van der Waals surface area contributed by atoms with Crippen molar-refractivity contribution in [1.29, 1.82) is 0 Å². The Labute approximate surface area is 107 Å². The van der Waals surface area contributed by atoms with Crippen molar-refractivity contribution in [1.82, 2.24) is 9.55 Å². The number of rotatable bonds is 3. The van der Waals surface area contributed by atoms with Gasteiger partial charge in [-0.1, -0.05) is 0 Å². The highest BCUT2D eigenvalue weighted by atomic mass is 32.1. The number of aliphatic carboxylic acids is 1. The Morgan fingerprint density at radius 2 is 2.33 bits per heavy atom. The minimum Gasteiger partial charge on any atom is -0.481 e. The third kappa shape index (κ3) is 1.73. The van der Waals surface area contributed by atoms with Crippen LogP contribution in [0, 0.1) is 0 Å². The molecule has 0 unspecified atom stereocenters. The number of hydrogen-bond donors (Lipinski definition) is 1. The van der Waals surface area contributed by atoms with Gasteiger partial charge in [-0.25, -0.2) is 4.98 Å². The molecule has 0 amide bonds. The largest absolute Gasteiger partial charge is 0.481 e. The second-order valence-electron chi connectivity index (χ2n) is 4.42. The van der Waals surface area contributed by atoms with E-state index < -0.39 is 5.97 Å². The van der Waals surface area contributed by atoms with E-state index >= 15 is 0 Å². The molecule has 94 valence electrons. The van der Waals surface area contributed by atoms with Crippen LogP contribution in [-0.4, -0.2) is 20.6 Å². The highest BCUT2D eigenvalue weighted by Crippen LogP contribution is 2.34. The SMILES string of the molecule is O=C(O)CCn1cnc2sc3c(c2c1=O)CCC3. The van der Waals surface area contributed by atoms with Crippen LogP contribution < -0.4 is 5.56 Å². The summed E-state index contributed by atoms with van der Waals surface area (Å²) in [5, 5.41) is 9.37. The molecular weight excluding hydrogens is 252 g/mol. The molecule has 5 nitrogen and oxygen atoms in total. The Bertz CT molecular complexity index is 686. The molecule has 0 saturated carbocycles. The van der Waals surface area contributed by atoms with E-state index in [2.05, 4.69) is 4.98 Å². The van der Waals surface area contributed by atoms with Crippen molar-refractivity contribution < 1.29 is 9.90 Å². The summed E-state index contributed by atoms with van der Waals surface area (Å²) in [6.07, 6.45) is 4.47. The first-order valence-electron chi connectivity index (χ1n) is 5.88.